The number of pyridine rings is 1. The third-order valence-electron chi connectivity index (χ3n) is 3.38. The van der Waals surface area contributed by atoms with Gasteiger partial charge in [-0.25, -0.2) is 0 Å². The lowest BCUT2D eigenvalue weighted by Gasteiger charge is -2.03. The molecule has 21 heavy (non-hydrogen) atoms. The van der Waals surface area contributed by atoms with Crippen molar-refractivity contribution in [1.29, 1.82) is 0 Å². The zero-order chi connectivity index (χ0) is 13.8. The van der Waals surface area contributed by atoms with Gasteiger partial charge >= 0.3 is 0 Å². The predicted octanol–water partition coefficient (Wildman–Crippen LogP) is 0.127. The number of aliphatic hydroxyl groups excluding tert-OH is 1. The van der Waals surface area contributed by atoms with Crippen LogP contribution in [-0.4, -0.2) is 5.11 Å². The van der Waals surface area contributed by atoms with Crippen molar-refractivity contribution in [3.8, 4) is 16.8 Å². The molecule has 0 radical (unpaired) electrons. The fraction of sp³-hybridized carbons (Fsp3) is 0.0556. The maximum absolute atomic E-state index is 9.40. The summed E-state index contributed by atoms with van der Waals surface area (Å²) < 4.78 is 2.03. The minimum atomic E-state index is 0. The van der Waals surface area contributed by atoms with Crippen molar-refractivity contribution in [1.82, 2.24) is 0 Å². The first-order valence-electron chi connectivity index (χ1n) is 6.64. The van der Waals surface area contributed by atoms with Gasteiger partial charge in [-0.05, 0) is 11.1 Å². The van der Waals surface area contributed by atoms with Gasteiger partial charge in [-0.2, -0.15) is 4.57 Å². The highest BCUT2D eigenvalue weighted by atomic mass is 35.5. The number of rotatable bonds is 3. The molecular weight excluding hydrogens is 282 g/mol. The number of hydrogen-bond acceptors (Lipinski definition) is 1. The molecule has 1 N–H and O–H groups in total. The van der Waals surface area contributed by atoms with Gasteiger partial charge in [0.15, 0.2) is 12.4 Å². The lowest BCUT2D eigenvalue weighted by Crippen LogP contribution is -3.00. The van der Waals surface area contributed by atoms with Gasteiger partial charge in [-0.15, -0.1) is 0 Å². The molecule has 2 nitrogen and oxygen atoms in total. The fourth-order valence-corrected chi connectivity index (χ4v) is 2.31. The van der Waals surface area contributed by atoms with E-state index in [2.05, 4.69) is 24.3 Å². The second-order valence-corrected chi connectivity index (χ2v) is 4.65. The summed E-state index contributed by atoms with van der Waals surface area (Å²) in [6, 6.07) is 22.3. The highest BCUT2D eigenvalue weighted by molar-refractivity contribution is 5.62. The highest BCUT2D eigenvalue weighted by Crippen LogP contribution is 2.17. The highest BCUT2D eigenvalue weighted by Gasteiger charge is 2.10. The minimum absolute atomic E-state index is 0. The Morgan fingerprint density at radius 3 is 1.95 bits per heavy atom. The SMILES string of the molecule is OCc1ccccc1-[n+]1ccc(-c2ccccc2)cc1.[Cl-]. The van der Waals surface area contributed by atoms with Crippen LogP contribution in [0.2, 0.25) is 0 Å². The molecule has 1 heterocycles. The first kappa shape index (κ1) is 15.2. The molecule has 1 aromatic heterocycles. The molecule has 0 fully saturated rings. The number of aliphatic hydroxyl groups is 1. The lowest BCUT2D eigenvalue weighted by molar-refractivity contribution is -0.596. The summed E-state index contributed by atoms with van der Waals surface area (Å²) in [5, 5.41) is 9.40. The number of hydrogen-bond donors (Lipinski definition) is 1. The van der Waals surface area contributed by atoms with Crippen molar-refractivity contribution in [2.45, 2.75) is 6.61 Å². The molecule has 0 aliphatic heterocycles. The summed E-state index contributed by atoms with van der Waals surface area (Å²) in [6.45, 7) is 0.0452. The summed E-state index contributed by atoms with van der Waals surface area (Å²) in [7, 11) is 0. The van der Waals surface area contributed by atoms with Crippen LogP contribution in [0.4, 0.5) is 0 Å². The zero-order valence-corrected chi connectivity index (χ0v) is 12.2. The van der Waals surface area contributed by atoms with Crippen LogP contribution in [0.3, 0.4) is 0 Å². The number of nitrogens with zero attached hydrogens (tertiary/aromatic N) is 1. The summed E-state index contributed by atoms with van der Waals surface area (Å²) in [5.41, 5.74) is 4.32. The van der Waals surface area contributed by atoms with Crippen LogP contribution in [-0.2, 0) is 6.61 Å². The Hall–Kier alpha value is -2.16. The summed E-state index contributed by atoms with van der Waals surface area (Å²) >= 11 is 0. The molecule has 0 aliphatic rings. The van der Waals surface area contributed by atoms with E-state index in [0.29, 0.717) is 0 Å². The molecule has 3 rings (SSSR count). The Kier molecular flexibility index (Phi) is 5.09. The van der Waals surface area contributed by atoms with Gasteiger partial charge in [0.1, 0.15) is 0 Å². The van der Waals surface area contributed by atoms with Crippen molar-refractivity contribution in [2.24, 2.45) is 0 Å². The van der Waals surface area contributed by atoms with Crippen LogP contribution in [0, 0.1) is 0 Å². The molecular formula is C18H16ClNO. The first-order valence-corrected chi connectivity index (χ1v) is 6.64. The monoisotopic (exact) mass is 297 g/mol. The average Bonchev–Trinajstić information content (AvgIpc) is 2.56. The van der Waals surface area contributed by atoms with Crippen molar-refractivity contribution in [2.75, 3.05) is 0 Å². The van der Waals surface area contributed by atoms with Gasteiger partial charge in [0.05, 0.1) is 6.61 Å². The molecule has 0 saturated carbocycles. The molecule has 0 aliphatic carbocycles. The van der Waals surface area contributed by atoms with Crippen molar-refractivity contribution in [3.05, 3.63) is 84.7 Å². The van der Waals surface area contributed by atoms with Gasteiger partial charge in [-0.3, -0.25) is 0 Å². The first-order chi connectivity index (χ1) is 9.88. The maximum Gasteiger partial charge on any atom is 0.216 e. The molecule has 0 amide bonds. The van der Waals surface area contributed by atoms with Gasteiger partial charge in [0.25, 0.3) is 0 Å². The Morgan fingerprint density at radius 1 is 0.714 bits per heavy atom. The van der Waals surface area contributed by atoms with E-state index < -0.39 is 0 Å². The van der Waals surface area contributed by atoms with Crippen LogP contribution >= 0.6 is 0 Å². The molecule has 0 saturated heterocycles. The van der Waals surface area contributed by atoms with E-state index in [1.807, 2.05) is 59.4 Å². The van der Waals surface area contributed by atoms with E-state index in [1.165, 1.54) is 11.1 Å². The van der Waals surface area contributed by atoms with Gasteiger partial charge < -0.3 is 17.5 Å². The van der Waals surface area contributed by atoms with Crippen LogP contribution in [0.25, 0.3) is 16.8 Å². The number of benzene rings is 2. The van der Waals surface area contributed by atoms with Crippen LogP contribution in [0.15, 0.2) is 79.1 Å². The minimum Gasteiger partial charge on any atom is -1.00 e. The third-order valence-corrected chi connectivity index (χ3v) is 3.38. The van der Waals surface area contributed by atoms with E-state index >= 15 is 0 Å². The molecule has 0 atom stereocenters. The number of halogens is 1. The molecule has 3 aromatic rings. The van der Waals surface area contributed by atoms with Crippen molar-refractivity contribution < 1.29 is 22.1 Å². The Bertz CT molecular complexity index is 696. The second-order valence-electron chi connectivity index (χ2n) is 4.65. The van der Waals surface area contributed by atoms with E-state index in [-0.39, 0.29) is 19.0 Å². The van der Waals surface area contributed by atoms with Gasteiger partial charge in [-0.1, -0.05) is 48.5 Å². The van der Waals surface area contributed by atoms with Crippen LogP contribution < -0.4 is 17.0 Å². The normalized spacial score (nSPS) is 9.95. The third kappa shape index (κ3) is 3.30. The van der Waals surface area contributed by atoms with E-state index in [0.717, 1.165) is 11.3 Å². The fourth-order valence-electron chi connectivity index (χ4n) is 2.31. The topological polar surface area (TPSA) is 24.1 Å². The molecule has 0 bridgehead atoms. The largest absolute Gasteiger partial charge is 1.00 e. The van der Waals surface area contributed by atoms with E-state index in [9.17, 15) is 5.11 Å². The molecule has 0 spiro atoms. The summed E-state index contributed by atoms with van der Waals surface area (Å²) in [6.07, 6.45) is 4.05. The summed E-state index contributed by atoms with van der Waals surface area (Å²) in [5.74, 6) is 0. The zero-order valence-electron chi connectivity index (χ0n) is 11.5. The van der Waals surface area contributed by atoms with Gasteiger partial charge in [0.2, 0.25) is 5.69 Å². The van der Waals surface area contributed by atoms with E-state index in [4.69, 9.17) is 0 Å². The quantitative estimate of drug-likeness (QED) is 0.683. The number of aromatic nitrogens is 1. The Morgan fingerprint density at radius 2 is 1.29 bits per heavy atom. The molecule has 3 heteroatoms. The standard InChI is InChI=1S/C18H16NO.ClH/c20-14-17-8-4-5-9-18(17)19-12-10-16(11-13-19)15-6-2-1-3-7-15;/h1-13,20H,14H2;1H/q+1;/p-1. The van der Waals surface area contributed by atoms with Crippen LogP contribution in [0.1, 0.15) is 5.56 Å². The van der Waals surface area contributed by atoms with Crippen molar-refractivity contribution in [3.63, 3.8) is 0 Å². The van der Waals surface area contributed by atoms with Crippen LogP contribution in [0.5, 0.6) is 0 Å². The van der Waals surface area contributed by atoms with Crippen molar-refractivity contribution >= 4 is 0 Å². The molecule has 0 unspecified atom stereocenters. The second kappa shape index (κ2) is 7.02. The van der Waals surface area contributed by atoms with Gasteiger partial charge in [0, 0.05) is 23.8 Å². The molecule has 2 aromatic carbocycles. The number of para-hydroxylation sites is 1. The average molecular weight is 298 g/mol. The van der Waals surface area contributed by atoms with E-state index in [1.54, 1.807) is 0 Å². The maximum atomic E-state index is 9.40. The predicted molar refractivity (Wildman–Crippen MR) is 79.3 cm³/mol. The molecule has 106 valence electrons. The Balaban J connectivity index is 0.00000161. The smallest absolute Gasteiger partial charge is 0.216 e. The Labute approximate surface area is 130 Å². The summed E-state index contributed by atoms with van der Waals surface area (Å²) in [4.78, 5) is 0. The lowest BCUT2D eigenvalue weighted by atomic mass is 10.1.